The number of esters is 2. The van der Waals surface area contributed by atoms with Crippen molar-refractivity contribution in [2.45, 2.75) is 26.3 Å². The molecule has 228 valence electrons. The van der Waals surface area contributed by atoms with E-state index in [1.165, 1.54) is 30.3 Å². The second-order valence-corrected chi connectivity index (χ2v) is 11.1. The number of hydrogen-bond acceptors (Lipinski definition) is 8. The van der Waals surface area contributed by atoms with Gasteiger partial charge in [-0.15, -0.1) is 0 Å². The average Bonchev–Trinajstić information content (AvgIpc) is 3.21. The maximum Gasteiger partial charge on any atom is 0.338 e. The van der Waals surface area contributed by atoms with Gasteiger partial charge in [0.2, 0.25) is 0 Å². The van der Waals surface area contributed by atoms with Gasteiger partial charge in [0.15, 0.2) is 13.2 Å². The van der Waals surface area contributed by atoms with Crippen molar-refractivity contribution in [3.63, 3.8) is 0 Å². The molecule has 0 saturated carbocycles. The van der Waals surface area contributed by atoms with Crippen LogP contribution in [0.15, 0.2) is 66.7 Å². The molecule has 1 unspecified atom stereocenters. The number of nitrogens with one attached hydrogen (secondary N) is 2. The normalized spacial score (nSPS) is 12.9. The van der Waals surface area contributed by atoms with Crippen LogP contribution in [0.2, 0.25) is 10.0 Å². The van der Waals surface area contributed by atoms with Crippen molar-refractivity contribution in [3.05, 3.63) is 93.5 Å². The molecule has 0 aromatic heterocycles. The van der Waals surface area contributed by atoms with Crippen LogP contribution in [-0.2, 0) is 23.9 Å². The molecular formula is C31H27Cl2N3O8. The molecule has 0 spiro atoms. The Hall–Kier alpha value is -4.74. The molecule has 11 nitrogen and oxygen atoms in total. The van der Waals surface area contributed by atoms with Crippen molar-refractivity contribution in [3.8, 4) is 0 Å². The summed E-state index contributed by atoms with van der Waals surface area (Å²) in [7, 11) is 0. The number of amides is 4. The van der Waals surface area contributed by atoms with E-state index in [4.69, 9.17) is 32.7 Å². The predicted molar refractivity (Wildman–Crippen MR) is 162 cm³/mol. The zero-order valence-corrected chi connectivity index (χ0v) is 25.1. The highest BCUT2D eigenvalue weighted by molar-refractivity contribution is 6.31. The quantitative estimate of drug-likeness (QED) is 0.220. The van der Waals surface area contributed by atoms with Crippen LogP contribution in [0.3, 0.4) is 0 Å². The molecule has 0 radical (unpaired) electrons. The number of halogens is 2. The first-order valence-corrected chi connectivity index (χ1v) is 14.1. The summed E-state index contributed by atoms with van der Waals surface area (Å²) >= 11 is 11.8. The van der Waals surface area contributed by atoms with Crippen molar-refractivity contribution in [1.82, 2.24) is 4.90 Å². The van der Waals surface area contributed by atoms with E-state index in [9.17, 15) is 28.8 Å². The predicted octanol–water partition coefficient (Wildman–Crippen LogP) is 4.98. The molecule has 1 aliphatic heterocycles. The van der Waals surface area contributed by atoms with Crippen LogP contribution in [0.5, 0.6) is 0 Å². The molecule has 0 saturated heterocycles. The number of carbonyl (C=O) groups is 6. The number of rotatable bonds is 11. The van der Waals surface area contributed by atoms with Crippen molar-refractivity contribution >= 4 is 70.1 Å². The second-order valence-electron chi connectivity index (χ2n) is 10.2. The monoisotopic (exact) mass is 639 g/mol. The summed E-state index contributed by atoms with van der Waals surface area (Å²) in [6.45, 7) is 2.31. The zero-order chi connectivity index (χ0) is 32.0. The number of hydrogen-bond donors (Lipinski definition) is 2. The van der Waals surface area contributed by atoms with E-state index < -0.39 is 54.8 Å². The number of fused-ring (bicyclic) bond motifs is 1. The maximum atomic E-state index is 13.4. The molecule has 3 aromatic rings. The van der Waals surface area contributed by atoms with Crippen LogP contribution < -0.4 is 10.6 Å². The van der Waals surface area contributed by atoms with Gasteiger partial charge in [0.1, 0.15) is 6.04 Å². The molecule has 0 fully saturated rings. The molecule has 0 aliphatic carbocycles. The summed E-state index contributed by atoms with van der Waals surface area (Å²) in [5, 5.41) is 5.90. The van der Waals surface area contributed by atoms with Crippen LogP contribution in [0.4, 0.5) is 11.4 Å². The molecule has 44 heavy (non-hydrogen) atoms. The lowest BCUT2D eigenvalue weighted by molar-refractivity contribution is -0.151. The van der Waals surface area contributed by atoms with Crippen LogP contribution in [-0.4, -0.2) is 59.7 Å². The van der Waals surface area contributed by atoms with Gasteiger partial charge in [-0.2, -0.15) is 0 Å². The van der Waals surface area contributed by atoms with Crippen LogP contribution >= 0.6 is 23.2 Å². The van der Waals surface area contributed by atoms with Gasteiger partial charge < -0.3 is 20.1 Å². The maximum absolute atomic E-state index is 13.4. The van der Waals surface area contributed by atoms with Gasteiger partial charge in [0.25, 0.3) is 23.6 Å². The van der Waals surface area contributed by atoms with Crippen LogP contribution in [0.25, 0.3) is 0 Å². The minimum absolute atomic E-state index is 0.0227. The number of ether oxygens (including phenoxy) is 2. The Kier molecular flexibility index (Phi) is 10.4. The van der Waals surface area contributed by atoms with Crippen molar-refractivity contribution in [2.75, 3.05) is 23.8 Å². The van der Waals surface area contributed by atoms with Crippen LogP contribution in [0, 0.1) is 5.92 Å². The summed E-state index contributed by atoms with van der Waals surface area (Å²) < 4.78 is 10.3. The highest BCUT2D eigenvalue weighted by Gasteiger charge is 2.44. The largest absolute Gasteiger partial charge is 0.454 e. The Morgan fingerprint density at radius 1 is 0.750 bits per heavy atom. The zero-order valence-electron chi connectivity index (χ0n) is 23.6. The molecule has 4 rings (SSSR count). The van der Waals surface area contributed by atoms with Crippen molar-refractivity contribution in [1.29, 1.82) is 0 Å². The fourth-order valence-electron chi connectivity index (χ4n) is 4.40. The summed E-state index contributed by atoms with van der Waals surface area (Å²) in [5.41, 5.74) is 0.590. The lowest BCUT2D eigenvalue weighted by Crippen LogP contribution is -2.46. The molecule has 1 heterocycles. The SMILES string of the molecule is CC(C)CC(C(=O)OCC(=O)Nc1cccc(Cl)c1)N1C(=O)c2ccc(C(=O)OCC(=O)Nc3cccc(Cl)c3)cc2C1=O. The first kappa shape index (κ1) is 32.2. The first-order valence-electron chi connectivity index (χ1n) is 13.4. The third-order valence-corrected chi connectivity index (χ3v) is 6.80. The summed E-state index contributed by atoms with van der Waals surface area (Å²) in [6, 6.07) is 15.2. The molecule has 4 amide bonds. The van der Waals surface area contributed by atoms with Gasteiger partial charge >= 0.3 is 11.9 Å². The molecular weight excluding hydrogens is 613 g/mol. The Labute approximate surface area is 262 Å². The number of imide groups is 1. The Bertz CT molecular complexity index is 1640. The van der Waals surface area contributed by atoms with E-state index in [1.54, 1.807) is 50.2 Å². The Morgan fingerprint density at radius 3 is 1.84 bits per heavy atom. The molecule has 2 N–H and O–H groups in total. The first-order chi connectivity index (χ1) is 20.9. The fourth-order valence-corrected chi connectivity index (χ4v) is 4.78. The van der Waals surface area contributed by atoms with Crippen molar-refractivity contribution < 1.29 is 38.2 Å². The van der Waals surface area contributed by atoms with E-state index >= 15 is 0 Å². The summed E-state index contributed by atoms with van der Waals surface area (Å²) in [6.07, 6.45) is 0.0663. The van der Waals surface area contributed by atoms with E-state index in [-0.39, 0.29) is 29.0 Å². The topological polar surface area (TPSA) is 148 Å². The molecule has 1 atom stereocenters. The Morgan fingerprint density at radius 2 is 1.30 bits per heavy atom. The number of benzene rings is 3. The molecule has 0 bridgehead atoms. The highest BCUT2D eigenvalue weighted by Crippen LogP contribution is 2.29. The van der Waals surface area contributed by atoms with Gasteiger partial charge in [-0.05, 0) is 66.9 Å². The van der Waals surface area contributed by atoms with E-state index in [1.807, 2.05) is 0 Å². The summed E-state index contributed by atoms with van der Waals surface area (Å²) in [4.78, 5) is 77.7. The number of anilines is 2. The van der Waals surface area contributed by atoms with Gasteiger partial charge in [0.05, 0.1) is 16.7 Å². The van der Waals surface area contributed by atoms with E-state index in [0.29, 0.717) is 21.4 Å². The lowest BCUT2D eigenvalue weighted by atomic mass is 10.0. The average molecular weight is 640 g/mol. The lowest BCUT2D eigenvalue weighted by Gasteiger charge is -2.25. The van der Waals surface area contributed by atoms with Crippen LogP contribution in [0.1, 0.15) is 51.3 Å². The minimum Gasteiger partial charge on any atom is -0.454 e. The molecule has 13 heteroatoms. The number of nitrogens with zero attached hydrogens (tertiary/aromatic N) is 1. The van der Waals surface area contributed by atoms with Gasteiger partial charge in [-0.25, -0.2) is 9.59 Å². The van der Waals surface area contributed by atoms with Gasteiger partial charge in [-0.3, -0.25) is 24.1 Å². The van der Waals surface area contributed by atoms with E-state index in [2.05, 4.69) is 10.6 Å². The minimum atomic E-state index is -1.33. The smallest absolute Gasteiger partial charge is 0.338 e. The molecule has 1 aliphatic rings. The van der Waals surface area contributed by atoms with E-state index in [0.717, 1.165) is 4.90 Å². The summed E-state index contributed by atoms with van der Waals surface area (Å²) in [5.74, 6) is -4.82. The highest BCUT2D eigenvalue weighted by atomic mass is 35.5. The second kappa shape index (κ2) is 14.2. The Balaban J connectivity index is 1.41. The van der Waals surface area contributed by atoms with Gasteiger partial charge in [-0.1, -0.05) is 49.2 Å². The van der Waals surface area contributed by atoms with Crippen molar-refractivity contribution in [2.24, 2.45) is 5.92 Å². The van der Waals surface area contributed by atoms with Gasteiger partial charge in [0, 0.05) is 21.4 Å². The standard InChI is InChI=1S/C31H27Cl2N3O8/c1-17(2)11-25(31(42)44-16-27(38)35-22-8-4-6-20(33)14-22)36-28(39)23-10-9-18(12-24(23)29(36)40)30(41)43-15-26(37)34-21-7-3-5-19(32)13-21/h3-10,12-14,17,25H,11,15-16H2,1-2H3,(H,34,37)(H,35,38). The number of carbonyl (C=O) groups excluding carboxylic acids is 6. The fraction of sp³-hybridized carbons (Fsp3) is 0.226. The third-order valence-electron chi connectivity index (χ3n) is 6.33. The molecule has 3 aromatic carbocycles. The third kappa shape index (κ3) is 8.00.